The highest BCUT2D eigenvalue weighted by Crippen LogP contribution is 2.34. The van der Waals surface area contributed by atoms with Crippen LogP contribution in [0.2, 0.25) is 15.1 Å². The zero-order valence-corrected chi connectivity index (χ0v) is 13.8. The van der Waals surface area contributed by atoms with Crippen LogP contribution in [0.15, 0.2) is 28.5 Å². The molecule has 0 bridgehead atoms. The van der Waals surface area contributed by atoms with Crippen molar-refractivity contribution in [1.82, 2.24) is 0 Å². The first kappa shape index (κ1) is 16.4. The lowest BCUT2D eigenvalue weighted by molar-refractivity contribution is 0.0698. The van der Waals surface area contributed by atoms with Crippen LogP contribution in [0.25, 0.3) is 0 Å². The van der Waals surface area contributed by atoms with Gasteiger partial charge in [-0.3, -0.25) is 4.72 Å². The van der Waals surface area contributed by atoms with Gasteiger partial charge < -0.3 is 5.11 Å². The Morgan fingerprint density at radius 2 is 1.76 bits per heavy atom. The van der Waals surface area contributed by atoms with Gasteiger partial charge in [-0.2, -0.15) is 0 Å². The van der Waals surface area contributed by atoms with Crippen LogP contribution in [-0.4, -0.2) is 19.5 Å². The monoisotopic (exact) mass is 385 g/mol. The van der Waals surface area contributed by atoms with Crippen LogP contribution < -0.4 is 4.72 Å². The molecule has 0 unspecified atom stereocenters. The highest BCUT2D eigenvalue weighted by molar-refractivity contribution is 7.93. The number of hydrogen-bond acceptors (Lipinski definition) is 4. The second-order valence-electron chi connectivity index (χ2n) is 3.77. The highest BCUT2D eigenvalue weighted by Gasteiger charge is 2.24. The fourth-order valence-corrected chi connectivity index (χ4v) is 4.45. The summed E-state index contributed by atoms with van der Waals surface area (Å²) in [4.78, 5) is 10.4. The maximum Gasteiger partial charge on any atom is 0.347 e. The quantitative estimate of drug-likeness (QED) is 0.771. The van der Waals surface area contributed by atoms with Crippen LogP contribution in [-0.2, 0) is 10.0 Å². The second kappa shape index (κ2) is 6.02. The summed E-state index contributed by atoms with van der Waals surface area (Å²) in [5.74, 6) is -1.33. The molecule has 112 valence electrons. The fourth-order valence-electron chi connectivity index (χ4n) is 1.47. The molecule has 0 fully saturated rings. The number of anilines is 1. The van der Waals surface area contributed by atoms with Gasteiger partial charge in [0.2, 0.25) is 0 Å². The zero-order valence-electron chi connectivity index (χ0n) is 9.93. The molecule has 1 heterocycles. The van der Waals surface area contributed by atoms with Crippen LogP contribution in [0, 0.1) is 0 Å². The Balaban J connectivity index is 2.45. The van der Waals surface area contributed by atoms with Crippen molar-refractivity contribution >= 4 is 67.8 Å². The van der Waals surface area contributed by atoms with Gasteiger partial charge in [-0.05, 0) is 23.6 Å². The molecule has 0 aliphatic heterocycles. The fraction of sp³-hybridized carbons (Fsp3) is 0. The number of hydrogen-bond donors (Lipinski definition) is 2. The van der Waals surface area contributed by atoms with Crippen molar-refractivity contribution in [1.29, 1.82) is 0 Å². The molecule has 5 nitrogen and oxygen atoms in total. The SMILES string of the molecule is O=C(O)c1sccc1S(=O)(=O)Nc1cc(Cl)c(Cl)cc1Cl. The molecule has 0 atom stereocenters. The number of carbonyl (C=O) groups is 1. The predicted octanol–water partition coefficient (Wildman–Crippen LogP) is 4.21. The number of thiophene rings is 1. The molecule has 0 saturated heterocycles. The van der Waals surface area contributed by atoms with Crippen molar-refractivity contribution in [2.45, 2.75) is 4.90 Å². The van der Waals surface area contributed by atoms with E-state index in [-0.39, 0.29) is 30.5 Å². The van der Waals surface area contributed by atoms with Crippen molar-refractivity contribution in [3.05, 3.63) is 43.5 Å². The number of carboxylic acids is 1. The van der Waals surface area contributed by atoms with Gasteiger partial charge in [0.05, 0.1) is 20.8 Å². The highest BCUT2D eigenvalue weighted by atomic mass is 35.5. The van der Waals surface area contributed by atoms with Crippen molar-refractivity contribution in [3.8, 4) is 0 Å². The third-order valence-electron chi connectivity index (χ3n) is 2.37. The van der Waals surface area contributed by atoms with Gasteiger partial charge in [0.25, 0.3) is 10.0 Å². The molecule has 2 N–H and O–H groups in total. The van der Waals surface area contributed by atoms with E-state index in [1.54, 1.807) is 0 Å². The topological polar surface area (TPSA) is 83.5 Å². The first-order valence-electron chi connectivity index (χ1n) is 5.20. The standard InChI is InChI=1S/C11H6Cl3NO4S2/c12-5-3-7(14)8(4-6(5)13)15-21(18,19)9-1-2-20-10(9)11(16)17/h1-4,15H,(H,16,17). The minimum atomic E-state index is -4.10. The van der Waals surface area contributed by atoms with E-state index in [0.717, 1.165) is 11.3 Å². The molecule has 1 aromatic carbocycles. The van der Waals surface area contributed by atoms with Gasteiger partial charge >= 0.3 is 5.97 Å². The minimum Gasteiger partial charge on any atom is -0.477 e. The van der Waals surface area contributed by atoms with Gasteiger partial charge in [-0.15, -0.1) is 11.3 Å². The van der Waals surface area contributed by atoms with Crippen LogP contribution in [0.4, 0.5) is 5.69 Å². The third-order valence-corrected chi connectivity index (χ3v) is 5.84. The number of rotatable bonds is 4. The van der Waals surface area contributed by atoms with E-state index in [4.69, 9.17) is 39.9 Å². The average Bonchev–Trinajstić information content (AvgIpc) is 2.85. The van der Waals surface area contributed by atoms with Crippen LogP contribution in [0.1, 0.15) is 9.67 Å². The summed E-state index contributed by atoms with van der Waals surface area (Å²) in [7, 11) is -4.10. The zero-order chi connectivity index (χ0) is 15.8. The Morgan fingerprint density at radius 3 is 2.38 bits per heavy atom. The number of sulfonamides is 1. The van der Waals surface area contributed by atoms with E-state index in [1.807, 2.05) is 0 Å². The van der Waals surface area contributed by atoms with E-state index < -0.39 is 16.0 Å². The molecule has 0 radical (unpaired) electrons. The Kier molecular flexibility index (Phi) is 4.69. The molecule has 0 amide bonds. The smallest absolute Gasteiger partial charge is 0.347 e. The van der Waals surface area contributed by atoms with Gasteiger partial charge in [-0.25, -0.2) is 13.2 Å². The number of carboxylic acid groups (broad SMARTS) is 1. The van der Waals surface area contributed by atoms with Gasteiger partial charge in [0.1, 0.15) is 9.77 Å². The number of nitrogens with one attached hydrogen (secondary N) is 1. The lowest BCUT2D eigenvalue weighted by Crippen LogP contribution is -2.15. The molecule has 0 aliphatic carbocycles. The first-order valence-corrected chi connectivity index (χ1v) is 8.70. The summed E-state index contributed by atoms with van der Waals surface area (Å²) in [6, 6.07) is 3.73. The van der Waals surface area contributed by atoms with Gasteiger partial charge in [0, 0.05) is 0 Å². The van der Waals surface area contributed by atoms with Crippen molar-refractivity contribution < 1.29 is 18.3 Å². The summed E-state index contributed by atoms with van der Waals surface area (Å²) in [5, 5.41) is 10.7. The number of benzene rings is 1. The lowest BCUT2D eigenvalue weighted by Gasteiger charge is -2.10. The molecule has 10 heteroatoms. The molecule has 0 saturated carbocycles. The van der Waals surface area contributed by atoms with Crippen molar-refractivity contribution in [2.24, 2.45) is 0 Å². The van der Waals surface area contributed by atoms with E-state index >= 15 is 0 Å². The van der Waals surface area contributed by atoms with Crippen LogP contribution in [0.3, 0.4) is 0 Å². The maximum atomic E-state index is 12.2. The normalized spacial score (nSPS) is 11.4. The molecule has 21 heavy (non-hydrogen) atoms. The summed E-state index contributed by atoms with van der Waals surface area (Å²) < 4.78 is 26.7. The molecular formula is C11H6Cl3NO4S2. The Hall–Kier alpha value is -0.990. The number of aromatic carboxylic acids is 1. The Bertz CT molecular complexity index is 817. The first-order chi connectivity index (χ1) is 9.72. The average molecular weight is 387 g/mol. The van der Waals surface area contributed by atoms with Crippen molar-refractivity contribution in [2.75, 3.05) is 4.72 Å². The Labute approximate surface area is 139 Å². The van der Waals surface area contributed by atoms with Crippen LogP contribution >= 0.6 is 46.1 Å². The second-order valence-corrected chi connectivity index (χ2v) is 7.56. The van der Waals surface area contributed by atoms with Gasteiger partial charge in [0.15, 0.2) is 0 Å². The van der Waals surface area contributed by atoms with E-state index in [2.05, 4.69) is 4.72 Å². The Morgan fingerprint density at radius 1 is 1.14 bits per heavy atom. The summed E-state index contributed by atoms with van der Waals surface area (Å²) in [6.07, 6.45) is 0. The molecule has 0 spiro atoms. The van der Waals surface area contributed by atoms with Crippen LogP contribution in [0.5, 0.6) is 0 Å². The molecular weight excluding hydrogens is 381 g/mol. The summed E-state index contributed by atoms with van der Waals surface area (Å²) in [6.45, 7) is 0. The largest absolute Gasteiger partial charge is 0.477 e. The summed E-state index contributed by atoms with van der Waals surface area (Å²) >= 11 is 18.3. The van der Waals surface area contributed by atoms with E-state index in [9.17, 15) is 13.2 Å². The number of halogens is 3. The van der Waals surface area contributed by atoms with E-state index in [1.165, 1.54) is 23.6 Å². The lowest BCUT2D eigenvalue weighted by atomic mass is 10.3. The molecule has 2 rings (SSSR count). The van der Waals surface area contributed by atoms with Crippen molar-refractivity contribution in [3.63, 3.8) is 0 Å². The predicted molar refractivity (Wildman–Crippen MR) is 83.6 cm³/mol. The molecule has 2 aromatic rings. The molecule has 1 aromatic heterocycles. The van der Waals surface area contributed by atoms with E-state index in [0.29, 0.717) is 0 Å². The van der Waals surface area contributed by atoms with Gasteiger partial charge in [-0.1, -0.05) is 34.8 Å². The maximum absolute atomic E-state index is 12.2. The minimum absolute atomic E-state index is 0.00797. The third kappa shape index (κ3) is 3.44. The summed E-state index contributed by atoms with van der Waals surface area (Å²) in [5.41, 5.74) is 0.00797. The molecule has 0 aliphatic rings.